The van der Waals surface area contributed by atoms with Crippen LogP contribution in [0.25, 0.3) is 0 Å². The van der Waals surface area contributed by atoms with Crippen LogP contribution >= 0.6 is 24.8 Å². The van der Waals surface area contributed by atoms with Crippen molar-refractivity contribution in [2.24, 2.45) is 11.8 Å². The third-order valence-corrected chi connectivity index (χ3v) is 5.72. The lowest BCUT2D eigenvalue weighted by molar-refractivity contribution is 0.0697. The number of aromatic carboxylic acids is 1. The average molecular weight is 410 g/mol. The Morgan fingerprint density at radius 2 is 1.89 bits per heavy atom. The summed E-state index contributed by atoms with van der Waals surface area (Å²) < 4.78 is 0. The molecule has 2 saturated heterocycles. The normalized spacial score (nSPS) is 24.1. The number of carbonyl (C=O) groups is 1. The first-order valence-corrected chi connectivity index (χ1v) is 8.74. The maximum atomic E-state index is 11.2. The summed E-state index contributed by atoms with van der Waals surface area (Å²) in [5.41, 5.74) is 3.05. The molecule has 2 aliphatic rings. The second-order valence-corrected chi connectivity index (χ2v) is 7.28. The van der Waals surface area contributed by atoms with Crippen molar-refractivity contribution in [2.75, 3.05) is 31.6 Å². The van der Waals surface area contributed by atoms with Crippen LogP contribution in [-0.4, -0.2) is 47.6 Å². The molecule has 1 N–H and O–H groups in total. The average Bonchev–Trinajstić information content (AvgIpc) is 3.12. The lowest BCUT2D eigenvalue weighted by atomic mass is 9.88. The Kier molecular flexibility index (Phi) is 6.73. The fourth-order valence-electron chi connectivity index (χ4n) is 4.56. The smallest absolute Gasteiger partial charge is 0.335 e. The molecule has 3 atom stereocenters. The molecule has 27 heavy (non-hydrogen) atoms. The zero-order valence-electron chi connectivity index (χ0n) is 15.4. The molecule has 0 unspecified atom stereocenters. The van der Waals surface area contributed by atoms with Gasteiger partial charge in [-0.2, -0.15) is 0 Å². The van der Waals surface area contributed by atoms with Gasteiger partial charge >= 0.3 is 5.97 Å². The highest BCUT2D eigenvalue weighted by Crippen LogP contribution is 2.45. The van der Waals surface area contributed by atoms with Gasteiger partial charge in [0.05, 0.1) is 5.56 Å². The zero-order valence-corrected chi connectivity index (χ0v) is 17.0. The Labute approximate surface area is 172 Å². The van der Waals surface area contributed by atoms with Crippen molar-refractivity contribution in [2.45, 2.75) is 13.0 Å². The van der Waals surface area contributed by atoms with Gasteiger partial charge in [0.15, 0.2) is 0 Å². The molecular formula is C20H25Cl2N3O2. The number of hydrogen-bond donors (Lipinski definition) is 1. The second-order valence-electron chi connectivity index (χ2n) is 7.28. The van der Waals surface area contributed by atoms with E-state index in [1.165, 1.54) is 11.1 Å². The number of anilines is 1. The number of aromatic nitrogens is 1. The summed E-state index contributed by atoms with van der Waals surface area (Å²) in [6.45, 7) is 5.11. The van der Waals surface area contributed by atoms with E-state index < -0.39 is 5.97 Å². The van der Waals surface area contributed by atoms with Gasteiger partial charge in [-0.3, -0.25) is 4.90 Å². The van der Waals surface area contributed by atoms with Crippen LogP contribution < -0.4 is 4.90 Å². The van der Waals surface area contributed by atoms with Gasteiger partial charge in [-0.25, -0.2) is 9.78 Å². The lowest BCUT2D eigenvalue weighted by Gasteiger charge is -2.28. The highest BCUT2D eigenvalue weighted by molar-refractivity contribution is 5.88. The van der Waals surface area contributed by atoms with E-state index in [9.17, 15) is 9.90 Å². The number of pyridine rings is 1. The monoisotopic (exact) mass is 409 g/mol. The number of aryl methyl sites for hydroxylation is 1. The standard InChI is InChI=1S/C20H23N3O2.2ClH/c1-13-5-3-4-6-16(13)19-17-12-23(11-15(17)10-22(19)2)18-9-14(20(24)25)7-8-21-18;;/h3-9,15,17,19H,10-12H2,1-2H3,(H,24,25);2*1H/t15-,17+,19+;;/m0../s1. The quantitative estimate of drug-likeness (QED) is 0.837. The number of nitrogens with zero attached hydrogens (tertiary/aromatic N) is 3. The van der Waals surface area contributed by atoms with Crippen LogP contribution in [0.4, 0.5) is 5.82 Å². The van der Waals surface area contributed by atoms with Gasteiger partial charge in [0.25, 0.3) is 0 Å². The van der Waals surface area contributed by atoms with Gasteiger partial charge in [0, 0.05) is 37.8 Å². The number of carboxylic acids is 1. The van der Waals surface area contributed by atoms with E-state index in [4.69, 9.17) is 0 Å². The van der Waals surface area contributed by atoms with E-state index in [2.05, 4.69) is 53.0 Å². The highest BCUT2D eigenvalue weighted by atomic mass is 35.5. The first-order valence-electron chi connectivity index (χ1n) is 8.74. The molecule has 0 bridgehead atoms. The fourth-order valence-corrected chi connectivity index (χ4v) is 4.56. The molecule has 146 valence electrons. The van der Waals surface area contributed by atoms with Crippen molar-refractivity contribution in [3.63, 3.8) is 0 Å². The Morgan fingerprint density at radius 3 is 2.59 bits per heavy atom. The number of carboxylic acid groups (broad SMARTS) is 1. The number of benzene rings is 1. The van der Waals surface area contributed by atoms with Crippen LogP contribution in [0, 0.1) is 18.8 Å². The number of hydrogen-bond acceptors (Lipinski definition) is 4. The molecule has 0 aliphatic carbocycles. The van der Waals surface area contributed by atoms with E-state index in [0.717, 1.165) is 25.5 Å². The number of halogens is 2. The number of likely N-dealkylation sites (tertiary alicyclic amines) is 1. The van der Waals surface area contributed by atoms with E-state index in [-0.39, 0.29) is 24.8 Å². The second kappa shape index (κ2) is 8.46. The highest BCUT2D eigenvalue weighted by Gasteiger charge is 2.46. The molecule has 0 spiro atoms. The molecule has 0 amide bonds. The predicted octanol–water partition coefficient (Wildman–Crippen LogP) is 3.67. The molecule has 0 radical (unpaired) electrons. The van der Waals surface area contributed by atoms with Gasteiger partial charge in [0.2, 0.25) is 0 Å². The van der Waals surface area contributed by atoms with Gasteiger partial charge in [0.1, 0.15) is 5.82 Å². The van der Waals surface area contributed by atoms with E-state index in [0.29, 0.717) is 23.4 Å². The SMILES string of the molecule is Cc1ccccc1[C@@H]1[C@@H]2CN(c3cc(C(=O)O)ccn3)C[C@@H]2CN1C.Cl.Cl. The van der Waals surface area contributed by atoms with E-state index >= 15 is 0 Å². The molecule has 0 saturated carbocycles. The van der Waals surface area contributed by atoms with Crippen LogP contribution in [0.5, 0.6) is 0 Å². The summed E-state index contributed by atoms with van der Waals surface area (Å²) in [6, 6.07) is 12.3. The van der Waals surface area contributed by atoms with Crippen molar-refractivity contribution in [3.05, 3.63) is 59.3 Å². The molecule has 5 nitrogen and oxygen atoms in total. The summed E-state index contributed by atoms with van der Waals surface area (Å²) in [6.07, 6.45) is 1.60. The molecular weight excluding hydrogens is 385 g/mol. The first-order chi connectivity index (χ1) is 12.0. The minimum Gasteiger partial charge on any atom is -0.478 e. The summed E-state index contributed by atoms with van der Waals surface area (Å²) >= 11 is 0. The number of fused-ring (bicyclic) bond motifs is 1. The van der Waals surface area contributed by atoms with Crippen LogP contribution in [0.1, 0.15) is 27.5 Å². The third kappa shape index (κ3) is 3.91. The van der Waals surface area contributed by atoms with Crippen molar-refractivity contribution in [1.29, 1.82) is 0 Å². The first kappa shape index (κ1) is 21.5. The van der Waals surface area contributed by atoms with Gasteiger partial charge in [-0.1, -0.05) is 24.3 Å². The molecule has 3 heterocycles. The summed E-state index contributed by atoms with van der Waals surface area (Å²) in [4.78, 5) is 20.4. The molecule has 2 fully saturated rings. The van der Waals surface area contributed by atoms with Gasteiger partial charge in [-0.05, 0) is 43.1 Å². The van der Waals surface area contributed by atoms with Crippen LogP contribution in [0.2, 0.25) is 0 Å². The zero-order chi connectivity index (χ0) is 17.6. The Bertz CT molecular complexity index is 817. The van der Waals surface area contributed by atoms with E-state index in [1.54, 1.807) is 18.3 Å². The van der Waals surface area contributed by atoms with Crippen LogP contribution in [0.3, 0.4) is 0 Å². The molecule has 2 aromatic rings. The molecule has 1 aromatic heterocycles. The van der Waals surface area contributed by atoms with Crippen molar-refractivity contribution in [1.82, 2.24) is 9.88 Å². The number of rotatable bonds is 3. The third-order valence-electron chi connectivity index (χ3n) is 5.72. The summed E-state index contributed by atoms with van der Waals surface area (Å²) in [7, 11) is 2.21. The summed E-state index contributed by atoms with van der Waals surface area (Å²) in [5.74, 6) is 1.01. The Balaban J connectivity index is 0.00000131. The molecule has 1 aromatic carbocycles. The minimum atomic E-state index is -0.902. The van der Waals surface area contributed by atoms with Crippen LogP contribution in [-0.2, 0) is 0 Å². The summed E-state index contributed by atoms with van der Waals surface area (Å²) in [5, 5.41) is 9.22. The molecule has 4 rings (SSSR count). The minimum absolute atomic E-state index is 0. The van der Waals surface area contributed by atoms with Gasteiger partial charge in [-0.15, -0.1) is 24.8 Å². The maximum absolute atomic E-state index is 11.2. The van der Waals surface area contributed by atoms with Crippen molar-refractivity contribution < 1.29 is 9.90 Å². The topological polar surface area (TPSA) is 56.7 Å². The van der Waals surface area contributed by atoms with Crippen molar-refractivity contribution in [3.8, 4) is 0 Å². The molecule has 7 heteroatoms. The predicted molar refractivity (Wildman–Crippen MR) is 111 cm³/mol. The molecule has 2 aliphatic heterocycles. The lowest BCUT2D eigenvalue weighted by Crippen LogP contribution is -2.29. The Morgan fingerprint density at radius 1 is 1.15 bits per heavy atom. The maximum Gasteiger partial charge on any atom is 0.335 e. The Hall–Kier alpha value is -1.82. The van der Waals surface area contributed by atoms with Crippen LogP contribution in [0.15, 0.2) is 42.6 Å². The largest absolute Gasteiger partial charge is 0.478 e. The van der Waals surface area contributed by atoms with E-state index in [1.807, 2.05) is 0 Å². The fraction of sp³-hybridized carbons (Fsp3) is 0.400. The van der Waals surface area contributed by atoms with Gasteiger partial charge < -0.3 is 10.0 Å². The van der Waals surface area contributed by atoms with Crippen molar-refractivity contribution >= 4 is 36.6 Å².